The third-order valence-corrected chi connectivity index (χ3v) is 3.73. The first kappa shape index (κ1) is 18.4. The van der Waals surface area contributed by atoms with Gasteiger partial charge in [-0.3, -0.25) is 19.9 Å². The molecule has 0 aliphatic carbocycles. The first-order chi connectivity index (χ1) is 11.9. The van der Waals surface area contributed by atoms with E-state index in [4.69, 9.17) is 4.74 Å². The van der Waals surface area contributed by atoms with Crippen molar-refractivity contribution in [3.63, 3.8) is 0 Å². The number of aromatic nitrogens is 1. The summed E-state index contributed by atoms with van der Waals surface area (Å²) in [5.74, 6) is 0.777. The molecular weight excluding hydrogens is 322 g/mol. The fraction of sp³-hybridized carbons (Fsp3) is 0.333. The molecule has 0 bridgehead atoms. The summed E-state index contributed by atoms with van der Waals surface area (Å²) in [6.45, 7) is 6.46. The molecule has 0 unspecified atom stereocenters. The molecule has 0 saturated heterocycles. The number of pyridine rings is 1. The molecule has 1 heterocycles. The number of hydrogen-bond acceptors (Lipinski definition) is 5. The second-order valence-electron chi connectivity index (χ2n) is 5.91. The number of nitro groups is 1. The van der Waals surface area contributed by atoms with Gasteiger partial charge in [0.1, 0.15) is 18.6 Å². The lowest BCUT2D eigenvalue weighted by molar-refractivity contribution is -0.385. The van der Waals surface area contributed by atoms with Crippen molar-refractivity contribution in [3.05, 3.63) is 63.5 Å². The molecule has 7 heteroatoms. The number of carbonyl (C=O) groups is 1. The molecule has 0 aliphatic heterocycles. The Balaban J connectivity index is 1.86. The maximum absolute atomic E-state index is 12.1. The third-order valence-electron chi connectivity index (χ3n) is 3.73. The van der Waals surface area contributed by atoms with Gasteiger partial charge in [0.05, 0.1) is 22.7 Å². The summed E-state index contributed by atoms with van der Waals surface area (Å²) < 4.78 is 5.58. The van der Waals surface area contributed by atoms with E-state index in [1.165, 1.54) is 11.6 Å². The van der Waals surface area contributed by atoms with Crippen LogP contribution in [-0.4, -0.2) is 29.0 Å². The zero-order valence-electron chi connectivity index (χ0n) is 14.5. The van der Waals surface area contributed by atoms with Gasteiger partial charge in [-0.2, -0.15) is 0 Å². The van der Waals surface area contributed by atoms with Gasteiger partial charge in [0, 0.05) is 6.07 Å². The Kier molecular flexibility index (Phi) is 6.05. The molecule has 2 aromatic rings. The van der Waals surface area contributed by atoms with Crippen LogP contribution in [0, 0.1) is 17.0 Å². The lowest BCUT2D eigenvalue weighted by Crippen LogP contribution is -2.29. The van der Waals surface area contributed by atoms with Gasteiger partial charge < -0.3 is 10.1 Å². The fourth-order valence-corrected chi connectivity index (χ4v) is 2.23. The Hall–Kier alpha value is -2.96. The van der Waals surface area contributed by atoms with Crippen molar-refractivity contribution < 1.29 is 14.5 Å². The lowest BCUT2D eigenvalue weighted by atomic mass is 10.0. The highest BCUT2D eigenvalue weighted by Crippen LogP contribution is 2.18. The van der Waals surface area contributed by atoms with Crippen LogP contribution in [0.5, 0.6) is 5.75 Å². The Labute approximate surface area is 146 Å². The molecule has 1 N–H and O–H groups in total. The van der Waals surface area contributed by atoms with Crippen molar-refractivity contribution in [2.45, 2.75) is 26.7 Å². The predicted octanol–water partition coefficient (Wildman–Crippen LogP) is 3.23. The minimum absolute atomic E-state index is 0.190. The van der Waals surface area contributed by atoms with Gasteiger partial charge in [0.2, 0.25) is 0 Å². The van der Waals surface area contributed by atoms with Gasteiger partial charge >= 0.3 is 0 Å². The molecule has 1 aromatic carbocycles. The molecule has 2 rings (SSSR count). The molecule has 0 spiro atoms. The van der Waals surface area contributed by atoms with E-state index in [-0.39, 0.29) is 17.8 Å². The van der Waals surface area contributed by atoms with Crippen molar-refractivity contribution in [2.75, 3.05) is 13.2 Å². The number of amides is 1. The number of ether oxygens (including phenoxy) is 1. The maximum Gasteiger partial charge on any atom is 0.288 e. The number of carbonyl (C=O) groups excluding carboxylic acids is 1. The van der Waals surface area contributed by atoms with Gasteiger partial charge in [0.25, 0.3) is 11.6 Å². The molecule has 25 heavy (non-hydrogen) atoms. The molecule has 0 atom stereocenters. The van der Waals surface area contributed by atoms with E-state index in [2.05, 4.69) is 24.1 Å². The van der Waals surface area contributed by atoms with Crippen LogP contribution in [0.4, 0.5) is 5.69 Å². The zero-order chi connectivity index (χ0) is 18.4. The number of rotatable bonds is 7. The summed E-state index contributed by atoms with van der Waals surface area (Å²) in [4.78, 5) is 26.2. The number of nitrogens with zero attached hydrogens (tertiary/aromatic N) is 2. The second-order valence-corrected chi connectivity index (χ2v) is 5.91. The lowest BCUT2D eigenvalue weighted by Gasteiger charge is -2.10. The fourth-order valence-electron chi connectivity index (χ4n) is 2.23. The normalized spacial score (nSPS) is 10.6. The van der Waals surface area contributed by atoms with E-state index in [1.54, 1.807) is 6.92 Å². The van der Waals surface area contributed by atoms with E-state index in [9.17, 15) is 14.9 Å². The smallest absolute Gasteiger partial charge is 0.288 e. The number of nitrogens with one attached hydrogen (secondary N) is 1. The van der Waals surface area contributed by atoms with Crippen LogP contribution < -0.4 is 10.1 Å². The summed E-state index contributed by atoms with van der Waals surface area (Å²) in [7, 11) is 0. The molecule has 0 aliphatic rings. The third kappa shape index (κ3) is 5.00. The van der Waals surface area contributed by atoms with E-state index in [1.807, 2.05) is 24.3 Å². The minimum Gasteiger partial charge on any atom is -0.492 e. The van der Waals surface area contributed by atoms with Crippen molar-refractivity contribution in [1.29, 1.82) is 0 Å². The highest BCUT2D eigenvalue weighted by Gasteiger charge is 2.15. The average molecular weight is 343 g/mol. The van der Waals surface area contributed by atoms with Crippen molar-refractivity contribution in [2.24, 2.45) is 0 Å². The van der Waals surface area contributed by atoms with Gasteiger partial charge in [-0.1, -0.05) is 26.0 Å². The van der Waals surface area contributed by atoms with E-state index in [0.29, 0.717) is 18.2 Å². The molecule has 0 saturated carbocycles. The van der Waals surface area contributed by atoms with Gasteiger partial charge in [-0.25, -0.2) is 0 Å². The van der Waals surface area contributed by atoms with Crippen LogP contribution >= 0.6 is 0 Å². The Morgan fingerprint density at radius 3 is 2.60 bits per heavy atom. The Morgan fingerprint density at radius 2 is 2.00 bits per heavy atom. The van der Waals surface area contributed by atoms with Crippen LogP contribution in [0.1, 0.15) is 41.4 Å². The van der Waals surface area contributed by atoms with Crippen molar-refractivity contribution in [3.8, 4) is 5.75 Å². The standard InChI is InChI=1S/C18H21N3O4/c1-12(2)14-4-6-16(7-5-14)25-9-8-19-18(22)17-10-15(21(23)24)11-20-13(17)3/h4-7,10-12H,8-9H2,1-3H3,(H,19,22). The highest BCUT2D eigenvalue weighted by molar-refractivity contribution is 5.95. The predicted molar refractivity (Wildman–Crippen MR) is 94.0 cm³/mol. The minimum atomic E-state index is -0.576. The molecule has 7 nitrogen and oxygen atoms in total. The molecule has 0 radical (unpaired) electrons. The molecular formula is C18H21N3O4. The SMILES string of the molecule is Cc1ncc([N+](=O)[O-])cc1C(=O)NCCOc1ccc(C(C)C)cc1. The second kappa shape index (κ2) is 8.23. The van der Waals surface area contributed by atoms with Gasteiger partial charge in [0.15, 0.2) is 0 Å². The highest BCUT2D eigenvalue weighted by atomic mass is 16.6. The zero-order valence-corrected chi connectivity index (χ0v) is 14.5. The topological polar surface area (TPSA) is 94.4 Å². The first-order valence-corrected chi connectivity index (χ1v) is 8.00. The Bertz CT molecular complexity index is 757. The maximum atomic E-state index is 12.1. The molecule has 132 valence electrons. The van der Waals surface area contributed by atoms with Crippen molar-refractivity contribution in [1.82, 2.24) is 10.3 Å². The summed E-state index contributed by atoms with van der Waals surface area (Å²) in [6, 6.07) is 9.04. The number of aryl methyl sites for hydroxylation is 1. The average Bonchev–Trinajstić information content (AvgIpc) is 2.59. The van der Waals surface area contributed by atoms with Crippen molar-refractivity contribution >= 4 is 11.6 Å². The molecule has 1 aromatic heterocycles. The summed E-state index contributed by atoms with van der Waals surface area (Å²) in [5, 5.41) is 13.5. The van der Waals surface area contributed by atoms with Gasteiger partial charge in [-0.05, 0) is 30.5 Å². The number of hydrogen-bond donors (Lipinski definition) is 1. The summed E-state index contributed by atoms with van der Waals surface area (Å²) in [5.41, 5.74) is 1.65. The van der Waals surface area contributed by atoms with E-state index < -0.39 is 10.8 Å². The van der Waals surface area contributed by atoms with Crippen LogP contribution in [0.15, 0.2) is 36.5 Å². The summed E-state index contributed by atoms with van der Waals surface area (Å²) in [6.07, 6.45) is 1.13. The quantitative estimate of drug-likeness (QED) is 0.473. The Morgan fingerprint density at radius 1 is 1.32 bits per heavy atom. The van der Waals surface area contributed by atoms with Crippen LogP contribution in [-0.2, 0) is 0 Å². The molecule has 1 amide bonds. The van der Waals surface area contributed by atoms with Crippen LogP contribution in [0.25, 0.3) is 0 Å². The largest absolute Gasteiger partial charge is 0.492 e. The van der Waals surface area contributed by atoms with Gasteiger partial charge in [-0.15, -0.1) is 0 Å². The summed E-state index contributed by atoms with van der Waals surface area (Å²) >= 11 is 0. The van der Waals surface area contributed by atoms with E-state index >= 15 is 0 Å². The molecule has 0 fully saturated rings. The number of benzene rings is 1. The monoisotopic (exact) mass is 343 g/mol. The van der Waals surface area contributed by atoms with E-state index in [0.717, 1.165) is 11.9 Å². The first-order valence-electron chi connectivity index (χ1n) is 8.00. The van der Waals surface area contributed by atoms with Crippen LogP contribution in [0.3, 0.4) is 0 Å². The van der Waals surface area contributed by atoms with Crippen LogP contribution in [0.2, 0.25) is 0 Å².